The Morgan fingerprint density at radius 3 is 2.70 bits per heavy atom. The van der Waals surface area contributed by atoms with Gasteiger partial charge in [-0.15, -0.1) is 11.3 Å². The zero-order chi connectivity index (χ0) is 26.2. The van der Waals surface area contributed by atoms with E-state index in [-0.39, 0.29) is 11.5 Å². The fraction of sp³-hybridized carbons (Fsp3) is 0.643. The van der Waals surface area contributed by atoms with Gasteiger partial charge in [0.2, 0.25) is 0 Å². The van der Waals surface area contributed by atoms with Crippen molar-refractivity contribution in [2.24, 2.45) is 11.3 Å². The van der Waals surface area contributed by atoms with Gasteiger partial charge in [-0.2, -0.15) is 0 Å². The summed E-state index contributed by atoms with van der Waals surface area (Å²) in [5.41, 5.74) is 5.54. The minimum atomic E-state index is -0.204. The van der Waals surface area contributed by atoms with Crippen LogP contribution in [0.2, 0.25) is 0 Å². The number of piperazine rings is 1. The monoisotopic (exact) mass is 524 g/mol. The molecule has 1 N–H and O–H groups in total. The van der Waals surface area contributed by atoms with E-state index in [1.54, 1.807) is 22.6 Å². The number of hydrogen-bond donors (Lipinski definition) is 1. The van der Waals surface area contributed by atoms with E-state index in [9.17, 15) is 4.79 Å². The summed E-state index contributed by atoms with van der Waals surface area (Å²) in [6, 6.07) is 0. The van der Waals surface area contributed by atoms with Crippen LogP contribution >= 0.6 is 11.3 Å². The van der Waals surface area contributed by atoms with Crippen LogP contribution in [0.15, 0.2) is 6.33 Å². The lowest BCUT2D eigenvalue weighted by molar-refractivity contribution is 0.0807. The van der Waals surface area contributed by atoms with Crippen molar-refractivity contribution in [1.29, 1.82) is 0 Å². The number of carbonyl (C=O) groups excluding carboxylic acids is 1. The molecule has 0 saturated carbocycles. The molecule has 0 aromatic carbocycles. The first-order chi connectivity index (χ1) is 17.8. The third-order valence-electron chi connectivity index (χ3n) is 7.63. The van der Waals surface area contributed by atoms with Crippen LogP contribution in [-0.4, -0.2) is 76.7 Å². The molecule has 0 unspecified atom stereocenters. The first-order valence-electron chi connectivity index (χ1n) is 13.7. The summed E-state index contributed by atoms with van der Waals surface area (Å²) in [5.74, 6) is 1.47. The topological polar surface area (TPSA) is 83.5 Å². The van der Waals surface area contributed by atoms with E-state index in [1.807, 2.05) is 6.92 Å². The molecule has 8 nitrogen and oxygen atoms in total. The van der Waals surface area contributed by atoms with E-state index in [0.717, 1.165) is 66.3 Å². The van der Waals surface area contributed by atoms with Crippen LogP contribution in [0.5, 0.6) is 0 Å². The lowest BCUT2D eigenvalue weighted by atomic mass is 9.73. The summed E-state index contributed by atoms with van der Waals surface area (Å²) in [7, 11) is 0. The number of rotatable bonds is 7. The van der Waals surface area contributed by atoms with Crippen molar-refractivity contribution >= 4 is 43.7 Å². The largest absolute Gasteiger partial charge is 0.450 e. The summed E-state index contributed by atoms with van der Waals surface area (Å²) in [6.07, 6.45) is 5.89. The lowest BCUT2D eigenvalue weighted by Gasteiger charge is -2.34. The molecule has 1 fully saturated rings. The molecular formula is C28H40N6O2S. The summed E-state index contributed by atoms with van der Waals surface area (Å²) >= 11 is 1.73. The highest BCUT2D eigenvalue weighted by molar-refractivity contribution is 7.26. The number of aromatic nitrogens is 3. The maximum atomic E-state index is 12.0. The number of fused-ring (bicyclic) bond motifs is 5. The maximum absolute atomic E-state index is 12.0. The minimum absolute atomic E-state index is 0.204. The number of carbonyl (C=O) groups is 1. The van der Waals surface area contributed by atoms with Gasteiger partial charge in [-0.3, -0.25) is 4.90 Å². The molecule has 0 bridgehead atoms. The molecule has 0 spiro atoms. The second-order valence-electron chi connectivity index (χ2n) is 11.6. The fourth-order valence-electron chi connectivity index (χ4n) is 5.67. The molecule has 3 aromatic rings. The summed E-state index contributed by atoms with van der Waals surface area (Å²) in [6.45, 7) is 16.4. The molecule has 1 aliphatic heterocycles. The molecule has 1 aliphatic carbocycles. The Balaban J connectivity index is 1.36. The Morgan fingerprint density at radius 1 is 1.19 bits per heavy atom. The standard InChI is InChI=1S/C28H40N6O2S/c1-6-36-27(35)34-13-11-33(12-14-34)10-9-29-25-24-23(30-17-31-25)22-20-16-28(4,5)8-7-19(20)21(15-18(2)3)32-26(22)37-24/h17-18H,6-16H2,1-5H3,(H,29,30,31). The van der Waals surface area contributed by atoms with E-state index in [2.05, 4.69) is 42.9 Å². The van der Waals surface area contributed by atoms with Gasteiger partial charge in [0.1, 0.15) is 17.0 Å². The highest BCUT2D eigenvalue weighted by Crippen LogP contribution is 2.44. The average Bonchev–Trinajstić information content (AvgIpc) is 3.23. The van der Waals surface area contributed by atoms with Gasteiger partial charge >= 0.3 is 6.09 Å². The van der Waals surface area contributed by atoms with Gasteiger partial charge in [0.05, 0.1) is 16.8 Å². The van der Waals surface area contributed by atoms with Crippen molar-refractivity contribution in [1.82, 2.24) is 24.8 Å². The van der Waals surface area contributed by atoms with Crippen LogP contribution in [0.25, 0.3) is 20.4 Å². The molecule has 1 amide bonds. The first kappa shape index (κ1) is 26.1. The second-order valence-corrected chi connectivity index (χ2v) is 12.6. The number of hydrogen-bond acceptors (Lipinski definition) is 8. The van der Waals surface area contributed by atoms with Crippen molar-refractivity contribution in [3.8, 4) is 0 Å². The lowest BCUT2D eigenvalue weighted by Crippen LogP contribution is -2.49. The normalized spacial score (nSPS) is 17.9. The van der Waals surface area contributed by atoms with Crippen LogP contribution in [0, 0.1) is 11.3 Å². The van der Waals surface area contributed by atoms with Crippen molar-refractivity contribution in [2.45, 2.75) is 60.3 Å². The molecule has 0 atom stereocenters. The summed E-state index contributed by atoms with van der Waals surface area (Å²) in [4.78, 5) is 31.8. The number of nitrogens with zero attached hydrogens (tertiary/aromatic N) is 5. The van der Waals surface area contributed by atoms with Crippen LogP contribution < -0.4 is 5.32 Å². The van der Waals surface area contributed by atoms with Gasteiger partial charge < -0.3 is 15.0 Å². The molecule has 5 rings (SSSR count). The van der Waals surface area contributed by atoms with Crippen molar-refractivity contribution < 1.29 is 9.53 Å². The van der Waals surface area contributed by atoms with Gasteiger partial charge in [-0.25, -0.2) is 19.7 Å². The zero-order valence-electron chi connectivity index (χ0n) is 22.9. The first-order valence-corrected chi connectivity index (χ1v) is 14.5. The average molecular weight is 525 g/mol. The van der Waals surface area contributed by atoms with Crippen LogP contribution in [0.3, 0.4) is 0 Å². The van der Waals surface area contributed by atoms with Crippen molar-refractivity contribution in [3.63, 3.8) is 0 Å². The SMILES string of the molecule is CCOC(=O)N1CCN(CCNc2ncnc3c2sc2nc(CC(C)C)c4c(c23)CC(C)(C)CC4)CC1. The minimum Gasteiger partial charge on any atom is -0.450 e. The Bertz CT molecular complexity index is 1280. The predicted molar refractivity (Wildman–Crippen MR) is 151 cm³/mol. The molecule has 37 heavy (non-hydrogen) atoms. The Morgan fingerprint density at radius 2 is 1.97 bits per heavy atom. The molecule has 2 aliphatic rings. The highest BCUT2D eigenvalue weighted by Gasteiger charge is 2.31. The fourth-order valence-corrected chi connectivity index (χ4v) is 6.81. The number of nitrogens with one attached hydrogen (secondary N) is 1. The van der Waals surface area contributed by atoms with E-state index in [0.29, 0.717) is 25.6 Å². The van der Waals surface area contributed by atoms with E-state index < -0.39 is 0 Å². The van der Waals surface area contributed by atoms with Gasteiger partial charge in [-0.05, 0) is 55.1 Å². The smallest absolute Gasteiger partial charge is 0.409 e. The van der Waals surface area contributed by atoms with Gasteiger partial charge in [-0.1, -0.05) is 27.7 Å². The number of ether oxygens (including phenoxy) is 1. The molecular weight excluding hydrogens is 484 g/mol. The quantitative estimate of drug-likeness (QED) is 0.458. The molecule has 0 radical (unpaired) electrons. The maximum Gasteiger partial charge on any atom is 0.409 e. The van der Waals surface area contributed by atoms with Crippen LogP contribution in [-0.2, 0) is 24.0 Å². The predicted octanol–water partition coefficient (Wildman–Crippen LogP) is 5.14. The Hall–Kier alpha value is -2.52. The van der Waals surface area contributed by atoms with Crippen molar-refractivity contribution in [2.75, 3.05) is 51.2 Å². The van der Waals surface area contributed by atoms with Gasteiger partial charge in [0.15, 0.2) is 0 Å². The molecule has 3 aromatic heterocycles. The van der Waals surface area contributed by atoms with E-state index in [1.165, 1.54) is 28.6 Å². The summed E-state index contributed by atoms with van der Waals surface area (Å²) in [5, 5.41) is 4.82. The van der Waals surface area contributed by atoms with E-state index >= 15 is 0 Å². The molecule has 4 heterocycles. The number of amides is 1. The Labute approximate surface area is 223 Å². The van der Waals surface area contributed by atoms with Crippen molar-refractivity contribution in [3.05, 3.63) is 23.1 Å². The van der Waals surface area contributed by atoms with Crippen LogP contribution in [0.4, 0.5) is 10.6 Å². The summed E-state index contributed by atoms with van der Waals surface area (Å²) < 4.78 is 6.23. The molecule has 9 heteroatoms. The van der Waals surface area contributed by atoms with E-state index in [4.69, 9.17) is 14.7 Å². The highest BCUT2D eigenvalue weighted by atomic mass is 32.1. The van der Waals surface area contributed by atoms with Gasteiger partial charge in [0, 0.05) is 50.3 Å². The third kappa shape index (κ3) is 5.53. The number of anilines is 1. The molecule has 200 valence electrons. The number of pyridine rings is 1. The second kappa shape index (κ2) is 10.7. The Kier molecular flexibility index (Phi) is 7.54. The molecule has 1 saturated heterocycles. The van der Waals surface area contributed by atoms with Crippen LogP contribution in [0.1, 0.15) is 57.9 Å². The third-order valence-corrected chi connectivity index (χ3v) is 8.71. The van der Waals surface area contributed by atoms with Gasteiger partial charge in [0.25, 0.3) is 0 Å². The zero-order valence-corrected chi connectivity index (χ0v) is 23.7. The number of thiophene rings is 1.